The molecule has 1 aliphatic rings. The average molecular weight is 236 g/mol. The van der Waals surface area contributed by atoms with Gasteiger partial charge in [0, 0.05) is 18.2 Å². The highest BCUT2D eigenvalue weighted by molar-refractivity contribution is 5.12. The molecule has 2 atom stereocenters. The number of nitrogens with zero attached hydrogens (tertiary/aromatic N) is 1. The number of rotatable bonds is 4. The summed E-state index contributed by atoms with van der Waals surface area (Å²) in [5, 5.41) is 3.14. The maximum Gasteiger partial charge on any atom is 0.118 e. The Bertz CT molecular complexity index is 348. The Morgan fingerprint density at radius 3 is 3.06 bits per heavy atom. The molecule has 1 aromatic rings. The summed E-state index contributed by atoms with van der Waals surface area (Å²) in [6, 6.07) is 2.84. The molecule has 1 N–H and O–H groups in total. The van der Waals surface area contributed by atoms with E-state index in [0.717, 1.165) is 24.8 Å². The summed E-state index contributed by atoms with van der Waals surface area (Å²) in [4.78, 5) is 2.54. The van der Waals surface area contributed by atoms with Crippen molar-refractivity contribution in [2.45, 2.75) is 45.8 Å². The van der Waals surface area contributed by atoms with E-state index in [4.69, 9.17) is 4.42 Å². The molecular formula is C14H24N2O. The second kappa shape index (κ2) is 5.69. The summed E-state index contributed by atoms with van der Waals surface area (Å²) in [5.41, 5.74) is 1.24. The van der Waals surface area contributed by atoms with Crippen LogP contribution in [0.5, 0.6) is 0 Å². The molecule has 96 valence electrons. The van der Waals surface area contributed by atoms with E-state index in [1.54, 1.807) is 0 Å². The maximum absolute atomic E-state index is 5.62. The van der Waals surface area contributed by atoms with Crippen molar-refractivity contribution in [1.82, 2.24) is 10.2 Å². The molecule has 0 saturated carbocycles. The molecule has 1 saturated heterocycles. The first-order valence-electron chi connectivity index (χ1n) is 6.65. The lowest BCUT2D eigenvalue weighted by molar-refractivity contribution is 0.0987. The monoisotopic (exact) mass is 236 g/mol. The Morgan fingerprint density at radius 1 is 1.47 bits per heavy atom. The van der Waals surface area contributed by atoms with E-state index >= 15 is 0 Å². The third-order valence-electron chi connectivity index (χ3n) is 3.95. The van der Waals surface area contributed by atoms with Gasteiger partial charge in [-0.2, -0.15) is 0 Å². The van der Waals surface area contributed by atoms with Gasteiger partial charge in [-0.25, -0.2) is 0 Å². The van der Waals surface area contributed by atoms with Gasteiger partial charge in [-0.15, -0.1) is 0 Å². The van der Waals surface area contributed by atoms with Crippen LogP contribution < -0.4 is 5.32 Å². The lowest BCUT2D eigenvalue weighted by Gasteiger charge is -2.37. The van der Waals surface area contributed by atoms with Crippen LogP contribution >= 0.6 is 0 Å². The first kappa shape index (κ1) is 12.7. The highest BCUT2D eigenvalue weighted by Crippen LogP contribution is 2.24. The average Bonchev–Trinajstić information content (AvgIpc) is 2.73. The number of furan rings is 1. The first-order chi connectivity index (χ1) is 8.20. The summed E-state index contributed by atoms with van der Waals surface area (Å²) < 4.78 is 5.62. The third kappa shape index (κ3) is 3.11. The summed E-state index contributed by atoms with van der Waals surface area (Å²) in [6.45, 7) is 7.73. The van der Waals surface area contributed by atoms with Crippen molar-refractivity contribution in [2.75, 3.05) is 13.6 Å². The Kier molecular flexibility index (Phi) is 4.24. The fourth-order valence-corrected chi connectivity index (χ4v) is 2.65. The van der Waals surface area contributed by atoms with E-state index in [1.165, 1.54) is 24.9 Å². The van der Waals surface area contributed by atoms with E-state index in [2.05, 4.69) is 30.1 Å². The molecule has 0 spiro atoms. The van der Waals surface area contributed by atoms with Crippen LogP contribution in [0.1, 0.15) is 38.0 Å². The minimum atomic E-state index is 0.668. The van der Waals surface area contributed by atoms with Gasteiger partial charge in [0.2, 0.25) is 0 Å². The molecule has 1 fully saturated rings. The Morgan fingerprint density at radius 2 is 2.29 bits per heavy atom. The predicted molar refractivity (Wildman–Crippen MR) is 69.7 cm³/mol. The van der Waals surface area contributed by atoms with Crippen molar-refractivity contribution >= 4 is 0 Å². The molecule has 1 aromatic heterocycles. The molecule has 2 unspecified atom stereocenters. The molecule has 3 nitrogen and oxygen atoms in total. The molecule has 0 aliphatic carbocycles. The Balaban J connectivity index is 1.94. The minimum Gasteiger partial charge on any atom is -0.468 e. The molecule has 0 aromatic carbocycles. The van der Waals surface area contributed by atoms with E-state index in [0.29, 0.717) is 6.04 Å². The molecule has 0 amide bonds. The van der Waals surface area contributed by atoms with Crippen molar-refractivity contribution < 1.29 is 4.42 Å². The topological polar surface area (TPSA) is 28.4 Å². The fraction of sp³-hybridized carbons (Fsp3) is 0.714. The number of nitrogens with one attached hydrogen (secondary N) is 1. The lowest BCUT2D eigenvalue weighted by Crippen LogP contribution is -2.41. The van der Waals surface area contributed by atoms with Crippen molar-refractivity contribution in [1.29, 1.82) is 0 Å². The van der Waals surface area contributed by atoms with Gasteiger partial charge in [0.25, 0.3) is 0 Å². The van der Waals surface area contributed by atoms with Crippen molar-refractivity contribution in [2.24, 2.45) is 5.92 Å². The van der Waals surface area contributed by atoms with Crippen molar-refractivity contribution in [3.05, 3.63) is 23.7 Å². The zero-order chi connectivity index (χ0) is 12.3. The van der Waals surface area contributed by atoms with Gasteiger partial charge in [-0.05, 0) is 45.3 Å². The predicted octanol–water partition coefficient (Wildman–Crippen LogP) is 2.62. The zero-order valence-corrected chi connectivity index (χ0v) is 11.2. The summed E-state index contributed by atoms with van der Waals surface area (Å²) in [5.74, 6) is 1.90. The van der Waals surface area contributed by atoms with Crippen LogP contribution in [0.15, 0.2) is 16.7 Å². The maximum atomic E-state index is 5.62. The third-order valence-corrected chi connectivity index (χ3v) is 3.95. The van der Waals surface area contributed by atoms with Gasteiger partial charge < -0.3 is 9.73 Å². The fourth-order valence-electron chi connectivity index (χ4n) is 2.65. The van der Waals surface area contributed by atoms with E-state index in [-0.39, 0.29) is 0 Å². The summed E-state index contributed by atoms with van der Waals surface area (Å²) in [7, 11) is 1.96. The van der Waals surface area contributed by atoms with E-state index in [9.17, 15) is 0 Å². The second-order valence-corrected chi connectivity index (χ2v) is 5.28. The quantitative estimate of drug-likeness (QED) is 0.871. The van der Waals surface area contributed by atoms with Gasteiger partial charge in [-0.3, -0.25) is 4.90 Å². The SMILES string of the molecule is CNCc1coc(CN2CCCC(C)C2C)c1. The number of hydrogen-bond donors (Lipinski definition) is 1. The van der Waals surface area contributed by atoms with Crippen LogP contribution in [0.2, 0.25) is 0 Å². The standard InChI is InChI=1S/C14H24N2O/c1-11-5-4-6-16(12(11)2)9-14-7-13(8-15-3)10-17-14/h7,10-12,15H,4-6,8-9H2,1-3H3. The van der Waals surface area contributed by atoms with Crippen LogP contribution in [0.3, 0.4) is 0 Å². The normalized spacial score (nSPS) is 26.3. The van der Waals surface area contributed by atoms with Crippen molar-refractivity contribution in [3.8, 4) is 0 Å². The van der Waals surface area contributed by atoms with Gasteiger partial charge in [-0.1, -0.05) is 6.92 Å². The van der Waals surface area contributed by atoms with Gasteiger partial charge in [0.15, 0.2) is 0 Å². The Hall–Kier alpha value is -0.800. The molecule has 3 heteroatoms. The van der Waals surface area contributed by atoms with Crippen LogP contribution in [-0.4, -0.2) is 24.5 Å². The van der Waals surface area contributed by atoms with Crippen LogP contribution in [-0.2, 0) is 13.1 Å². The van der Waals surface area contributed by atoms with E-state index in [1.807, 2.05) is 13.3 Å². The second-order valence-electron chi connectivity index (χ2n) is 5.28. The highest BCUT2D eigenvalue weighted by atomic mass is 16.3. The first-order valence-corrected chi connectivity index (χ1v) is 6.65. The van der Waals surface area contributed by atoms with Crippen molar-refractivity contribution in [3.63, 3.8) is 0 Å². The number of hydrogen-bond acceptors (Lipinski definition) is 3. The van der Waals surface area contributed by atoms with Crippen LogP contribution in [0, 0.1) is 5.92 Å². The van der Waals surface area contributed by atoms with E-state index < -0.39 is 0 Å². The Labute approximate surface area is 104 Å². The number of likely N-dealkylation sites (tertiary alicyclic amines) is 1. The molecule has 0 radical (unpaired) electrons. The summed E-state index contributed by atoms with van der Waals surface area (Å²) >= 11 is 0. The van der Waals surface area contributed by atoms with Gasteiger partial charge in [0.1, 0.15) is 5.76 Å². The lowest BCUT2D eigenvalue weighted by atomic mass is 9.92. The molecule has 2 heterocycles. The molecule has 17 heavy (non-hydrogen) atoms. The van der Waals surface area contributed by atoms with Gasteiger partial charge in [0.05, 0.1) is 12.8 Å². The van der Waals surface area contributed by atoms with Crippen LogP contribution in [0.4, 0.5) is 0 Å². The smallest absolute Gasteiger partial charge is 0.118 e. The summed E-state index contributed by atoms with van der Waals surface area (Å²) in [6.07, 6.45) is 4.54. The molecule has 1 aliphatic heterocycles. The molecule has 2 rings (SSSR count). The zero-order valence-electron chi connectivity index (χ0n) is 11.2. The number of piperidine rings is 1. The molecule has 0 bridgehead atoms. The molecular weight excluding hydrogens is 212 g/mol. The minimum absolute atomic E-state index is 0.668. The largest absolute Gasteiger partial charge is 0.468 e. The highest BCUT2D eigenvalue weighted by Gasteiger charge is 2.25. The van der Waals surface area contributed by atoms with Crippen LogP contribution in [0.25, 0.3) is 0 Å². The van der Waals surface area contributed by atoms with Gasteiger partial charge >= 0.3 is 0 Å².